The van der Waals surface area contributed by atoms with Crippen LogP contribution in [0.1, 0.15) is 26.2 Å². The van der Waals surface area contributed by atoms with Crippen LogP contribution in [0, 0.1) is 5.92 Å². The zero-order valence-electron chi connectivity index (χ0n) is 10.6. The molecule has 1 heterocycles. The average Bonchev–Trinajstić information content (AvgIpc) is 2.85. The molecule has 1 aliphatic heterocycles. The Morgan fingerprint density at radius 2 is 2.28 bits per heavy atom. The lowest BCUT2D eigenvalue weighted by Gasteiger charge is -2.24. The number of benzene rings is 1. The van der Waals surface area contributed by atoms with E-state index in [0.29, 0.717) is 16.0 Å². The number of rotatable bonds is 5. The predicted octanol–water partition coefficient (Wildman–Crippen LogP) is 4.15. The van der Waals surface area contributed by atoms with E-state index in [2.05, 4.69) is 12.2 Å². The standard InChI is InChI=1S/C14H19Cl2NO/c1-2-3-13(10-6-7-17-9-10)18-14-5-4-11(15)8-12(14)16/h4-5,8,10,13,17H,2-3,6-7,9H2,1H3/t10-,13-/m0/s1. The Morgan fingerprint density at radius 3 is 2.89 bits per heavy atom. The van der Waals surface area contributed by atoms with Crippen molar-refractivity contribution in [2.24, 2.45) is 5.92 Å². The van der Waals surface area contributed by atoms with E-state index in [9.17, 15) is 0 Å². The van der Waals surface area contributed by atoms with E-state index < -0.39 is 0 Å². The maximum atomic E-state index is 6.16. The van der Waals surface area contributed by atoms with Crippen molar-refractivity contribution in [3.05, 3.63) is 28.2 Å². The van der Waals surface area contributed by atoms with E-state index in [-0.39, 0.29) is 6.10 Å². The summed E-state index contributed by atoms with van der Waals surface area (Å²) in [6, 6.07) is 5.41. The lowest BCUT2D eigenvalue weighted by Crippen LogP contribution is -2.28. The van der Waals surface area contributed by atoms with Crippen LogP contribution in [0.2, 0.25) is 10.0 Å². The molecular formula is C14H19Cl2NO. The van der Waals surface area contributed by atoms with Gasteiger partial charge in [0.2, 0.25) is 0 Å². The minimum absolute atomic E-state index is 0.240. The first-order valence-corrected chi connectivity index (χ1v) is 7.28. The zero-order chi connectivity index (χ0) is 13.0. The Labute approximate surface area is 119 Å². The molecule has 1 aliphatic rings. The predicted molar refractivity (Wildman–Crippen MR) is 76.8 cm³/mol. The summed E-state index contributed by atoms with van der Waals surface area (Å²) in [6.45, 7) is 4.31. The molecule has 4 heteroatoms. The van der Waals surface area contributed by atoms with Crippen molar-refractivity contribution in [2.75, 3.05) is 13.1 Å². The molecule has 2 atom stereocenters. The van der Waals surface area contributed by atoms with Crippen molar-refractivity contribution >= 4 is 23.2 Å². The molecule has 0 spiro atoms. The van der Waals surface area contributed by atoms with Crippen LogP contribution >= 0.6 is 23.2 Å². The summed E-state index contributed by atoms with van der Waals surface area (Å²) in [5.74, 6) is 1.32. The van der Waals surface area contributed by atoms with Crippen LogP contribution in [-0.2, 0) is 0 Å². The van der Waals surface area contributed by atoms with Crippen LogP contribution in [-0.4, -0.2) is 19.2 Å². The summed E-state index contributed by atoms with van der Waals surface area (Å²) in [5, 5.41) is 4.62. The van der Waals surface area contributed by atoms with Crippen LogP contribution < -0.4 is 10.1 Å². The highest BCUT2D eigenvalue weighted by molar-refractivity contribution is 6.35. The summed E-state index contributed by atoms with van der Waals surface area (Å²) >= 11 is 12.0. The minimum Gasteiger partial charge on any atom is -0.489 e. The summed E-state index contributed by atoms with van der Waals surface area (Å²) in [5.41, 5.74) is 0. The Kier molecular flexibility index (Phi) is 5.16. The Hall–Kier alpha value is -0.440. The molecule has 1 fully saturated rings. The summed E-state index contributed by atoms with van der Waals surface area (Å²) in [6.07, 6.45) is 3.59. The molecule has 1 aromatic rings. The lowest BCUT2D eigenvalue weighted by molar-refractivity contribution is 0.132. The highest BCUT2D eigenvalue weighted by Crippen LogP contribution is 2.31. The molecule has 100 valence electrons. The molecule has 0 aromatic heterocycles. The van der Waals surface area contributed by atoms with Gasteiger partial charge in [-0.2, -0.15) is 0 Å². The van der Waals surface area contributed by atoms with Gasteiger partial charge in [0.05, 0.1) is 5.02 Å². The number of halogens is 2. The van der Waals surface area contributed by atoms with Crippen molar-refractivity contribution in [3.63, 3.8) is 0 Å². The monoisotopic (exact) mass is 287 g/mol. The van der Waals surface area contributed by atoms with Gasteiger partial charge < -0.3 is 10.1 Å². The van der Waals surface area contributed by atoms with Crippen molar-refractivity contribution < 1.29 is 4.74 Å². The van der Waals surface area contributed by atoms with Crippen LogP contribution in [0.5, 0.6) is 5.75 Å². The first-order valence-electron chi connectivity index (χ1n) is 6.53. The van der Waals surface area contributed by atoms with Gasteiger partial charge in [0.25, 0.3) is 0 Å². The third kappa shape index (κ3) is 3.53. The molecule has 0 amide bonds. The van der Waals surface area contributed by atoms with Gasteiger partial charge in [-0.1, -0.05) is 36.5 Å². The van der Waals surface area contributed by atoms with Crippen molar-refractivity contribution in [1.82, 2.24) is 5.32 Å². The highest BCUT2D eigenvalue weighted by atomic mass is 35.5. The van der Waals surface area contributed by atoms with Crippen LogP contribution in [0.4, 0.5) is 0 Å². The van der Waals surface area contributed by atoms with Gasteiger partial charge in [0.1, 0.15) is 11.9 Å². The number of ether oxygens (including phenoxy) is 1. The van der Waals surface area contributed by atoms with E-state index in [4.69, 9.17) is 27.9 Å². The number of nitrogens with one attached hydrogen (secondary N) is 1. The van der Waals surface area contributed by atoms with Gasteiger partial charge in [-0.25, -0.2) is 0 Å². The summed E-state index contributed by atoms with van der Waals surface area (Å²) in [7, 11) is 0. The molecule has 2 nitrogen and oxygen atoms in total. The molecule has 0 bridgehead atoms. The SMILES string of the molecule is CCC[C@H](Oc1ccc(Cl)cc1Cl)[C@H]1CCNC1. The smallest absolute Gasteiger partial charge is 0.138 e. The second kappa shape index (κ2) is 6.65. The molecule has 1 saturated heterocycles. The molecule has 0 unspecified atom stereocenters. The fourth-order valence-corrected chi connectivity index (χ4v) is 2.86. The van der Waals surface area contributed by atoms with Crippen LogP contribution in [0.15, 0.2) is 18.2 Å². The van der Waals surface area contributed by atoms with Crippen molar-refractivity contribution in [3.8, 4) is 5.75 Å². The second-order valence-electron chi connectivity index (χ2n) is 4.77. The first-order chi connectivity index (χ1) is 8.70. The fourth-order valence-electron chi connectivity index (χ4n) is 2.40. The molecular weight excluding hydrogens is 269 g/mol. The van der Waals surface area contributed by atoms with E-state index in [1.165, 1.54) is 6.42 Å². The Bertz CT molecular complexity index is 391. The maximum absolute atomic E-state index is 6.16. The summed E-state index contributed by atoms with van der Waals surface area (Å²) < 4.78 is 6.09. The van der Waals surface area contributed by atoms with Gasteiger partial charge in [0.15, 0.2) is 0 Å². The van der Waals surface area contributed by atoms with Gasteiger partial charge in [-0.15, -0.1) is 0 Å². The third-order valence-electron chi connectivity index (χ3n) is 3.37. The van der Waals surface area contributed by atoms with Crippen molar-refractivity contribution in [1.29, 1.82) is 0 Å². The highest BCUT2D eigenvalue weighted by Gasteiger charge is 2.26. The topological polar surface area (TPSA) is 21.3 Å². The molecule has 2 rings (SSSR count). The van der Waals surface area contributed by atoms with Gasteiger partial charge in [-0.05, 0) is 37.6 Å². The first kappa shape index (κ1) is 14.0. The lowest BCUT2D eigenvalue weighted by atomic mass is 9.97. The molecule has 0 aliphatic carbocycles. The number of hydrogen-bond acceptors (Lipinski definition) is 2. The van der Waals surface area contributed by atoms with Gasteiger partial charge in [0, 0.05) is 17.5 Å². The zero-order valence-corrected chi connectivity index (χ0v) is 12.1. The van der Waals surface area contributed by atoms with Crippen molar-refractivity contribution in [2.45, 2.75) is 32.3 Å². The molecule has 0 radical (unpaired) electrons. The van der Waals surface area contributed by atoms with Crippen LogP contribution in [0.3, 0.4) is 0 Å². The Balaban J connectivity index is 2.07. The molecule has 0 saturated carbocycles. The van der Waals surface area contributed by atoms with Crippen LogP contribution in [0.25, 0.3) is 0 Å². The number of hydrogen-bond donors (Lipinski definition) is 1. The largest absolute Gasteiger partial charge is 0.489 e. The molecule has 1 N–H and O–H groups in total. The third-order valence-corrected chi connectivity index (χ3v) is 3.90. The Morgan fingerprint density at radius 1 is 1.44 bits per heavy atom. The fraction of sp³-hybridized carbons (Fsp3) is 0.571. The normalized spacial score (nSPS) is 20.9. The van der Waals surface area contributed by atoms with E-state index in [0.717, 1.165) is 31.7 Å². The van der Waals surface area contributed by atoms with E-state index >= 15 is 0 Å². The quantitative estimate of drug-likeness (QED) is 0.878. The molecule has 18 heavy (non-hydrogen) atoms. The summed E-state index contributed by atoms with van der Waals surface area (Å²) in [4.78, 5) is 0. The second-order valence-corrected chi connectivity index (χ2v) is 5.62. The molecule has 1 aromatic carbocycles. The minimum atomic E-state index is 0.240. The van der Waals surface area contributed by atoms with Gasteiger partial charge >= 0.3 is 0 Å². The average molecular weight is 288 g/mol. The van der Waals surface area contributed by atoms with E-state index in [1.807, 2.05) is 12.1 Å². The maximum Gasteiger partial charge on any atom is 0.138 e. The van der Waals surface area contributed by atoms with Gasteiger partial charge in [-0.3, -0.25) is 0 Å². The van der Waals surface area contributed by atoms with E-state index in [1.54, 1.807) is 6.07 Å².